The molecule has 4 heteroatoms. The van der Waals surface area contributed by atoms with Gasteiger partial charge in [0.2, 0.25) is 5.91 Å². The van der Waals surface area contributed by atoms with E-state index in [9.17, 15) is 4.79 Å². The first-order valence-electron chi connectivity index (χ1n) is 8.14. The summed E-state index contributed by atoms with van der Waals surface area (Å²) in [5, 5.41) is 6.41. The van der Waals surface area contributed by atoms with Gasteiger partial charge in [0.15, 0.2) is 0 Å². The summed E-state index contributed by atoms with van der Waals surface area (Å²) in [7, 11) is 0. The molecule has 0 saturated carbocycles. The van der Waals surface area contributed by atoms with Crippen LogP contribution in [0.3, 0.4) is 0 Å². The number of carbonyl (C=O) groups is 1. The van der Waals surface area contributed by atoms with Crippen molar-refractivity contribution >= 4 is 5.91 Å². The summed E-state index contributed by atoms with van der Waals surface area (Å²) >= 11 is 0. The molecule has 2 unspecified atom stereocenters. The van der Waals surface area contributed by atoms with Crippen molar-refractivity contribution in [3.63, 3.8) is 0 Å². The Balaban J connectivity index is 1.78. The number of nitrogens with one attached hydrogen (secondary N) is 2. The van der Waals surface area contributed by atoms with E-state index in [1.165, 1.54) is 5.56 Å². The van der Waals surface area contributed by atoms with Crippen molar-refractivity contribution in [3.8, 4) is 0 Å². The predicted octanol–water partition coefficient (Wildman–Crippen LogP) is 2.01. The summed E-state index contributed by atoms with van der Waals surface area (Å²) in [5.74, 6) is 0.632. The fourth-order valence-corrected chi connectivity index (χ4v) is 2.99. The molecule has 1 amide bonds. The van der Waals surface area contributed by atoms with Crippen LogP contribution in [-0.2, 0) is 11.3 Å². The van der Waals surface area contributed by atoms with E-state index in [-0.39, 0.29) is 11.4 Å². The SMILES string of the molecule is CC1CN(Cc2ccccc2)CC1NCC(=O)NC(C)(C)C. The molecule has 22 heavy (non-hydrogen) atoms. The molecule has 0 radical (unpaired) electrons. The largest absolute Gasteiger partial charge is 0.350 e. The zero-order valence-electron chi connectivity index (χ0n) is 14.2. The predicted molar refractivity (Wildman–Crippen MR) is 90.6 cm³/mol. The maximum atomic E-state index is 11.9. The molecule has 1 heterocycles. The minimum atomic E-state index is -0.167. The Kier molecular flexibility index (Phi) is 5.59. The number of benzene rings is 1. The molecule has 0 aromatic heterocycles. The van der Waals surface area contributed by atoms with Crippen LogP contribution in [0.1, 0.15) is 33.3 Å². The van der Waals surface area contributed by atoms with Gasteiger partial charge in [-0.3, -0.25) is 9.69 Å². The molecular formula is C18H29N3O. The molecule has 4 nitrogen and oxygen atoms in total. The molecule has 1 fully saturated rings. The first kappa shape index (κ1) is 17.0. The van der Waals surface area contributed by atoms with Gasteiger partial charge in [0, 0.05) is 31.2 Å². The van der Waals surface area contributed by atoms with Crippen LogP contribution in [0.15, 0.2) is 30.3 Å². The zero-order valence-corrected chi connectivity index (χ0v) is 14.2. The fourth-order valence-electron chi connectivity index (χ4n) is 2.99. The third-order valence-electron chi connectivity index (χ3n) is 3.98. The van der Waals surface area contributed by atoms with E-state index in [1.54, 1.807) is 0 Å². The molecule has 2 rings (SSSR count). The lowest BCUT2D eigenvalue weighted by Gasteiger charge is -2.22. The topological polar surface area (TPSA) is 44.4 Å². The van der Waals surface area contributed by atoms with E-state index in [4.69, 9.17) is 0 Å². The number of carbonyl (C=O) groups excluding carboxylic acids is 1. The Morgan fingerprint density at radius 3 is 2.55 bits per heavy atom. The zero-order chi connectivity index (χ0) is 16.2. The van der Waals surface area contributed by atoms with Crippen molar-refractivity contribution in [1.82, 2.24) is 15.5 Å². The Morgan fingerprint density at radius 1 is 1.23 bits per heavy atom. The van der Waals surface area contributed by atoms with Gasteiger partial charge in [0.1, 0.15) is 0 Å². The highest BCUT2D eigenvalue weighted by Crippen LogP contribution is 2.18. The van der Waals surface area contributed by atoms with E-state index in [0.717, 1.165) is 19.6 Å². The Hall–Kier alpha value is -1.39. The highest BCUT2D eigenvalue weighted by molar-refractivity contribution is 5.78. The van der Waals surface area contributed by atoms with Crippen LogP contribution in [0, 0.1) is 5.92 Å². The Bertz CT molecular complexity index is 481. The van der Waals surface area contributed by atoms with Crippen LogP contribution in [0.4, 0.5) is 0 Å². The summed E-state index contributed by atoms with van der Waals surface area (Å²) in [6.45, 7) is 11.7. The van der Waals surface area contributed by atoms with Gasteiger partial charge in [-0.25, -0.2) is 0 Å². The number of hydrogen-bond acceptors (Lipinski definition) is 3. The van der Waals surface area contributed by atoms with Gasteiger partial charge in [0.05, 0.1) is 6.54 Å². The third kappa shape index (κ3) is 5.43. The number of rotatable bonds is 5. The van der Waals surface area contributed by atoms with Gasteiger partial charge >= 0.3 is 0 Å². The van der Waals surface area contributed by atoms with Crippen LogP contribution in [-0.4, -0.2) is 42.0 Å². The molecule has 122 valence electrons. The molecule has 0 bridgehead atoms. The van der Waals surface area contributed by atoms with Crippen LogP contribution < -0.4 is 10.6 Å². The highest BCUT2D eigenvalue weighted by atomic mass is 16.2. The second kappa shape index (κ2) is 7.25. The van der Waals surface area contributed by atoms with Crippen molar-refractivity contribution < 1.29 is 4.79 Å². The lowest BCUT2D eigenvalue weighted by molar-refractivity contribution is -0.121. The van der Waals surface area contributed by atoms with Crippen LogP contribution in [0.2, 0.25) is 0 Å². The molecular weight excluding hydrogens is 274 g/mol. The van der Waals surface area contributed by atoms with Crippen molar-refractivity contribution in [2.24, 2.45) is 5.92 Å². The Morgan fingerprint density at radius 2 is 1.91 bits per heavy atom. The molecule has 1 aliphatic heterocycles. The lowest BCUT2D eigenvalue weighted by Crippen LogP contribution is -2.47. The summed E-state index contributed by atoms with van der Waals surface area (Å²) in [5.41, 5.74) is 1.18. The maximum Gasteiger partial charge on any atom is 0.234 e. The molecule has 1 aromatic rings. The average molecular weight is 303 g/mol. The van der Waals surface area contributed by atoms with E-state index in [2.05, 4.69) is 46.7 Å². The number of nitrogens with zero attached hydrogens (tertiary/aromatic N) is 1. The number of hydrogen-bond donors (Lipinski definition) is 2. The van der Waals surface area contributed by atoms with Crippen LogP contribution in [0.25, 0.3) is 0 Å². The molecule has 0 aliphatic carbocycles. The van der Waals surface area contributed by atoms with E-state index < -0.39 is 0 Å². The first-order valence-corrected chi connectivity index (χ1v) is 8.14. The van der Waals surface area contributed by atoms with Gasteiger partial charge in [-0.15, -0.1) is 0 Å². The highest BCUT2D eigenvalue weighted by Gasteiger charge is 2.29. The molecule has 2 N–H and O–H groups in total. The summed E-state index contributed by atoms with van der Waals surface area (Å²) in [6.07, 6.45) is 0. The van der Waals surface area contributed by atoms with Gasteiger partial charge in [-0.1, -0.05) is 37.3 Å². The quantitative estimate of drug-likeness (QED) is 0.874. The summed E-state index contributed by atoms with van der Waals surface area (Å²) < 4.78 is 0. The average Bonchev–Trinajstić information content (AvgIpc) is 2.76. The summed E-state index contributed by atoms with van der Waals surface area (Å²) in [6, 6.07) is 10.9. The van der Waals surface area contributed by atoms with Crippen molar-refractivity contribution in [3.05, 3.63) is 35.9 Å². The van der Waals surface area contributed by atoms with Gasteiger partial charge in [-0.2, -0.15) is 0 Å². The molecule has 1 saturated heterocycles. The summed E-state index contributed by atoms with van der Waals surface area (Å²) in [4.78, 5) is 14.4. The molecule has 2 atom stereocenters. The monoisotopic (exact) mass is 303 g/mol. The van der Waals surface area contributed by atoms with Gasteiger partial charge in [-0.05, 0) is 32.3 Å². The second-order valence-corrected chi connectivity index (χ2v) is 7.44. The van der Waals surface area contributed by atoms with E-state index in [0.29, 0.717) is 18.5 Å². The molecule has 1 aromatic carbocycles. The fraction of sp³-hybridized carbons (Fsp3) is 0.611. The van der Waals surface area contributed by atoms with Crippen molar-refractivity contribution in [2.75, 3.05) is 19.6 Å². The lowest BCUT2D eigenvalue weighted by atomic mass is 10.1. The number of amides is 1. The van der Waals surface area contributed by atoms with Crippen molar-refractivity contribution in [2.45, 2.75) is 45.8 Å². The standard InChI is InChI=1S/C18H29N3O/c1-14-11-21(12-15-8-6-5-7-9-15)13-16(14)19-10-17(22)20-18(2,3)4/h5-9,14,16,19H,10-13H2,1-4H3,(H,20,22). The normalized spacial score (nSPS) is 22.7. The second-order valence-electron chi connectivity index (χ2n) is 7.44. The third-order valence-corrected chi connectivity index (χ3v) is 3.98. The van der Waals surface area contributed by atoms with Gasteiger partial charge in [0.25, 0.3) is 0 Å². The van der Waals surface area contributed by atoms with E-state index >= 15 is 0 Å². The molecule has 1 aliphatic rings. The minimum absolute atomic E-state index is 0.0706. The smallest absolute Gasteiger partial charge is 0.234 e. The van der Waals surface area contributed by atoms with Crippen molar-refractivity contribution in [1.29, 1.82) is 0 Å². The van der Waals surface area contributed by atoms with Crippen LogP contribution >= 0.6 is 0 Å². The van der Waals surface area contributed by atoms with Gasteiger partial charge < -0.3 is 10.6 Å². The molecule has 0 spiro atoms. The maximum absolute atomic E-state index is 11.9. The van der Waals surface area contributed by atoms with Crippen LogP contribution in [0.5, 0.6) is 0 Å². The minimum Gasteiger partial charge on any atom is -0.350 e. The Labute approximate surface area is 134 Å². The van der Waals surface area contributed by atoms with E-state index in [1.807, 2.05) is 26.8 Å². The first-order chi connectivity index (χ1) is 10.3. The number of likely N-dealkylation sites (tertiary alicyclic amines) is 1.